The first-order chi connectivity index (χ1) is 13.1. The largest absolute Gasteiger partial charge is 0.493 e. The molecule has 0 saturated carbocycles. The number of carbonyl (C=O) groups excluding carboxylic acids is 1. The number of nitrogens with one attached hydrogen (secondary N) is 1. The second-order valence-corrected chi connectivity index (χ2v) is 6.95. The summed E-state index contributed by atoms with van der Waals surface area (Å²) in [7, 11) is 3.22. The van der Waals surface area contributed by atoms with E-state index < -0.39 is 0 Å². The smallest absolute Gasteiger partial charge is 0.270 e. The number of pyridine rings is 1. The molecule has 1 N–H and O–H groups in total. The molecule has 2 aromatic heterocycles. The number of hydrogen-bond donors (Lipinski definition) is 1. The Morgan fingerprint density at radius 2 is 1.96 bits per heavy atom. The molecule has 7 heteroatoms. The van der Waals surface area contributed by atoms with Gasteiger partial charge in [0.15, 0.2) is 11.5 Å². The SMILES string of the molecule is CCc1nc2ccc(Br)cn2c1C(=O)NCCc1ccc(OC)c(OC)c1. The number of aromatic nitrogens is 2. The summed E-state index contributed by atoms with van der Waals surface area (Å²) in [5, 5.41) is 3.00. The topological polar surface area (TPSA) is 64.9 Å². The number of halogens is 1. The van der Waals surface area contributed by atoms with Gasteiger partial charge in [0.2, 0.25) is 0 Å². The summed E-state index contributed by atoms with van der Waals surface area (Å²) in [6.45, 7) is 2.51. The molecule has 0 radical (unpaired) electrons. The van der Waals surface area contributed by atoms with Crippen molar-refractivity contribution in [2.75, 3.05) is 20.8 Å². The van der Waals surface area contributed by atoms with Crippen molar-refractivity contribution in [3.8, 4) is 11.5 Å². The molecular formula is C20H22BrN3O3. The summed E-state index contributed by atoms with van der Waals surface area (Å²) in [5.74, 6) is 1.24. The van der Waals surface area contributed by atoms with E-state index in [2.05, 4.69) is 26.2 Å². The van der Waals surface area contributed by atoms with Crippen molar-refractivity contribution in [2.45, 2.75) is 19.8 Å². The normalized spacial score (nSPS) is 10.8. The lowest BCUT2D eigenvalue weighted by Crippen LogP contribution is -2.27. The zero-order valence-electron chi connectivity index (χ0n) is 15.6. The van der Waals surface area contributed by atoms with E-state index in [0.29, 0.717) is 36.6 Å². The van der Waals surface area contributed by atoms with Crippen molar-refractivity contribution in [1.29, 1.82) is 0 Å². The number of benzene rings is 1. The maximum Gasteiger partial charge on any atom is 0.270 e. The van der Waals surface area contributed by atoms with Gasteiger partial charge in [0.1, 0.15) is 11.3 Å². The highest BCUT2D eigenvalue weighted by atomic mass is 79.9. The Morgan fingerprint density at radius 3 is 2.67 bits per heavy atom. The van der Waals surface area contributed by atoms with Crippen LogP contribution in [0, 0.1) is 0 Å². The minimum atomic E-state index is -0.127. The highest BCUT2D eigenvalue weighted by Crippen LogP contribution is 2.27. The van der Waals surface area contributed by atoms with E-state index in [-0.39, 0.29) is 5.91 Å². The lowest BCUT2D eigenvalue weighted by atomic mass is 10.1. The van der Waals surface area contributed by atoms with Gasteiger partial charge < -0.3 is 14.8 Å². The lowest BCUT2D eigenvalue weighted by molar-refractivity contribution is 0.0947. The van der Waals surface area contributed by atoms with Crippen LogP contribution in [0.4, 0.5) is 0 Å². The van der Waals surface area contributed by atoms with E-state index in [1.54, 1.807) is 14.2 Å². The quantitative estimate of drug-likeness (QED) is 0.619. The molecule has 0 saturated heterocycles. The van der Waals surface area contributed by atoms with Gasteiger partial charge in [-0.1, -0.05) is 13.0 Å². The van der Waals surface area contributed by atoms with Gasteiger partial charge in [0.05, 0.1) is 19.9 Å². The molecule has 0 aliphatic rings. The minimum Gasteiger partial charge on any atom is -0.493 e. The van der Waals surface area contributed by atoms with Gasteiger partial charge in [-0.15, -0.1) is 0 Å². The third-order valence-electron chi connectivity index (χ3n) is 4.35. The van der Waals surface area contributed by atoms with Crippen molar-refractivity contribution >= 4 is 27.5 Å². The van der Waals surface area contributed by atoms with Crippen LogP contribution in [0.15, 0.2) is 41.0 Å². The number of rotatable bonds is 7. The maximum atomic E-state index is 12.8. The van der Waals surface area contributed by atoms with Crippen LogP contribution in [0.5, 0.6) is 11.5 Å². The Bertz CT molecular complexity index is 969. The molecule has 0 unspecified atom stereocenters. The molecule has 0 aliphatic carbocycles. The standard InChI is InChI=1S/C20H22BrN3O3/c1-4-15-19(24-12-14(21)6-8-18(24)23-15)20(25)22-10-9-13-5-7-16(26-2)17(11-13)27-3/h5-8,11-12H,4,9-10H2,1-3H3,(H,22,25). The fourth-order valence-corrected chi connectivity index (χ4v) is 3.33. The minimum absolute atomic E-state index is 0.127. The summed E-state index contributed by atoms with van der Waals surface area (Å²) in [4.78, 5) is 17.3. The third-order valence-corrected chi connectivity index (χ3v) is 4.82. The van der Waals surface area contributed by atoms with E-state index in [1.165, 1.54) is 0 Å². The van der Waals surface area contributed by atoms with Crippen LogP contribution in [0.3, 0.4) is 0 Å². The van der Waals surface area contributed by atoms with E-state index in [0.717, 1.165) is 21.4 Å². The zero-order valence-corrected chi connectivity index (χ0v) is 17.2. The number of hydrogen-bond acceptors (Lipinski definition) is 4. The Morgan fingerprint density at radius 1 is 1.19 bits per heavy atom. The van der Waals surface area contributed by atoms with Crippen LogP contribution >= 0.6 is 15.9 Å². The molecule has 0 atom stereocenters. The second-order valence-electron chi connectivity index (χ2n) is 6.03. The molecular weight excluding hydrogens is 410 g/mol. The van der Waals surface area contributed by atoms with Gasteiger partial charge in [-0.3, -0.25) is 9.20 Å². The van der Waals surface area contributed by atoms with Gasteiger partial charge in [-0.25, -0.2) is 4.98 Å². The molecule has 3 aromatic rings. The average molecular weight is 432 g/mol. The first-order valence-electron chi connectivity index (χ1n) is 8.73. The van der Waals surface area contributed by atoms with Gasteiger partial charge in [-0.2, -0.15) is 0 Å². The molecule has 0 bridgehead atoms. The zero-order chi connectivity index (χ0) is 19.4. The molecule has 2 heterocycles. The van der Waals surface area contributed by atoms with Crippen LogP contribution < -0.4 is 14.8 Å². The molecule has 27 heavy (non-hydrogen) atoms. The first-order valence-corrected chi connectivity index (χ1v) is 9.52. The van der Waals surface area contributed by atoms with Crippen LogP contribution in [0.25, 0.3) is 5.65 Å². The van der Waals surface area contributed by atoms with Crippen molar-refractivity contribution in [2.24, 2.45) is 0 Å². The van der Waals surface area contributed by atoms with Crippen LogP contribution in [-0.2, 0) is 12.8 Å². The summed E-state index contributed by atoms with van der Waals surface area (Å²) < 4.78 is 13.3. The second kappa shape index (κ2) is 8.43. The van der Waals surface area contributed by atoms with Crippen molar-refractivity contribution in [1.82, 2.24) is 14.7 Å². The number of amides is 1. The molecule has 1 aromatic carbocycles. The van der Waals surface area contributed by atoms with Crippen LogP contribution in [-0.4, -0.2) is 36.1 Å². The molecule has 0 spiro atoms. The Balaban J connectivity index is 1.73. The number of ether oxygens (including phenoxy) is 2. The monoisotopic (exact) mass is 431 g/mol. The predicted octanol–water partition coefficient (Wildman–Crippen LogP) is 3.65. The highest BCUT2D eigenvalue weighted by molar-refractivity contribution is 9.10. The van der Waals surface area contributed by atoms with E-state index in [1.807, 2.05) is 47.9 Å². The number of methoxy groups -OCH3 is 2. The van der Waals surface area contributed by atoms with E-state index >= 15 is 0 Å². The average Bonchev–Trinajstić information content (AvgIpc) is 3.05. The number of nitrogens with zero attached hydrogens (tertiary/aromatic N) is 2. The van der Waals surface area contributed by atoms with Gasteiger partial charge in [-0.05, 0) is 58.6 Å². The van der Waals surface area contributed by atoms with Gasteiger partial charge in [0, 0.05) is 17.2 Å². The predicted molar refractivity (Wildman–Crippen MR) is 108 cm³/mol. The Hall–Kier alpha value is -2.54. The molecule has 3 rings (SSSR count). The molecule has 1 amide bonds. The van der Waals surface area contributed by atoms with Crippen molar-refractivity contribution < 1.29 is 14.3 Å². The summed E-state index contributed by atoms with van der Waals surface area (Å²) in [6, 6.07) is 9.57. The van der Waals surface area contributed by atoms with Crippen molar-refractivity contribution in [3.63, 3.8) is 0 Å². The first kappa shape index (κ1) is 19.2. The van der Waals surface area contributed by atoms with Crippen LogP contribution in [0.1, 0.15) is 28.7 Å². The van der Waals surface area contributed by atoms with E-state index in [9.17, 15) is 4.79 Å². The maximum absolute atomic E-state index is 12.8. The highest BCUT2D eigenvalue weighted by Gasteiger charge is 2.18. The Labute approximate surface area is 166 Å². The summed E-state index contributed by atoms with van der Waals surface area (Å²) in [6.07, 6.45) is 3.25. The summed E-state index contributed by atoms with van der Waals surface area (Å²) >= 11 is 3.45. The van der Waals surface area contributed by atoms with Gasteiger partial charge >= 0.3 is 0 Å². The van der Waals surface area contributed by atoms with Crippen LogP contribution in [0.2, 0.25) is 0 Å². The Kier molecular flexibility index (Phi) is 6.01. The molecule has 6 nitrogen and oxygen atoms in total. The number of fused-ring (bicyclic) bond motifs is 1. The molecule has 142 valence electrons. The van der Waals surface area contributed by atoms with Crippen molar-refractivity contribution in [3.05, 3.63) is 58.0 Å². The number of imidazole rings is 1. The third kappa shape index (κ3) is 4.08. The number of aryl methyl sites for hydroxylation is 1. The number of carbonyl (C=O) groups is 1. The molecule has 0 aliphatic heterocycles. The molecule has 0 fully saturated rings. The van der Waals surface area contributed by atoms with Gasteiger partial charge in [0.25, 0.3) is 5.91 Å². The summed E-state index contributed by atoms with van der Waals surface area (Å²) in [5.41, 5.74) is 3.20. The fourth-order valence-electron chi connectivity index (χ4n) is 2.99. The lowest BCUT2D eigenvalue weighted by Gasteiger charge is -2.10. The van der Waals surface area contributed by atoms with E-state index in [4.69, 9.17) is 9.47 Å². The fraction of sp³-hybridized carbons (Fsp3) is 0.300.